The van der Waals surface area contributed by atoms with E-state index in [1.165, 1.54) is 18.2 Å². The van der Waals surface area contributed by atoms with Gasteiger partial charge < -0.3 is 20.1 Å². The molecule has 2 aromatic carbocycles. The Bertz CT molecular complexity index is 1410. The molecule has 0 bridgehead atoms. The fourth-order valence-corrected chi connectivity index (χ4v) is 4.92. The van der Waals surface area contributed by atoms with Gasteiger partial charge in [-0.3, -0.25) is 9.69 Å². The minimum absolute atomic E-state index is 0.00338. The third-order valence-corrected chi connectivity index (χ3v) is 7.23. The highest BCUT2D eigenvalue weighted by atomic mass is 35.5. The van der Waals surface area contributed by atoms with E-state index in [-0.39, 0.29) is 29.6 Å². The van der Waals surface area contributed by atoms with Crippen LogP contribution in [0.4, 0.5) is 19.0 Å². The number of nitrogens with two attached hydrogens (primary N) is 1. The number of ether oxygens (including phenoxy) is 2. The van der Waals surface area contributed by atoms with Gasteiger partial charge >= 0.3 is 6.36 Å². The van der Waals surface area contributed by atoms with Gasteiger partial charge in [0.25, 0.3) is 0 Å². The van der Waals surface area contributed by atoms with Crippen molar-refractivity contribution < 1.29 is 27.4 Å². The topological polar surface area (TPSA) is 93.8 Å². The fraction of sp³-hybridized carbons (Fsp3) is 0.414. The maximum atomic E-state index is 13.2. The predicted molar refractivity (Wildman–Crippen MR) is 151 cm³/mol. The molecule has 41 heavy (non-hydrogen) atoms. The highest BCUT2D eigenvalue weighted by Gasteiger charge is 2.34. The zero-order valence-corrected chi connectivity index (χ0v) is 24.1. The largest absolute Gasteiger partial charge is 0.573 e. The van der Waals surface area contributed by atoms with E-state index in [0.29, 0.717) is 49.2 Å². The SMILES string of the molecule is Cc1ccc(C(C)C)cc1OCc1c(C)nc(-c2c(Cl)cccc2OC(F)(F)F)nc1N1CCN(CC(N)=O)CC1. The molecule has 4 rings (SSSR count). The molecule has 0 unspecified atom stereocenters. The van der Waals surface area contributed by atoms with Crippen LogP contribution >= 0.6 is 11.6 Å². The van der Waals surface area contributed by atoms with Gasteiger partial charge in [-0.15, -0.1) is 13.2 Å². The lowest BCUT2D eigenvalue weighted by Gasteiger charge is -2.36. The number of alkyl halides is 3. The Morgan fingerprint density at radius 1 is 1.07 bits per heavy atom. The van der Waals surface area contributed by atoms with E-state index in [0.717, 1.165) is 16.9 Å². The summed E-state index contributed by atoms with van der Waals surface area (Å²) in [5.41, 5.74) is 8.63. The molecule has 2 N–H and O–H groups in total. The molecule has 0 aliphatic carbocycles. The van der Waals surface area contributed by atoms with E-state index in [9.17, 15) is 18.0 Å². The van der Waals surface area contributed by atoms with E-state index < -0.39 is 18.0 Å². The van der Waals surface area contributed by atoms with Crippen LogP contribution < -0.4 is 20.1 Å². The number of carbonyl (C=O) groups is 1. The van der Waals surface area contributed by atoms with Crippen LogP contribution in [-0.2, 0) is 11.4 Å². The molecule has 1 fully saturated rings. The Kier molecular flexibility index (Phi) is 9.28. The fourth-order valence-electron chi connectivity index (χ4n) is 4.67. The van der Waals surface area contributed by atoms with Crippen LogP contribution in [-0.4, -0.2) is 59.9 Å². The number of hydrogen-bond acceptors (Lipinski definition) is 7. The first kappa shape index (κ1) is 30.4. The standard InChI is InChI=1S/C29H33ClF3N5O3/c1-17(2)20-9-8-18(3)24(14-20)40-16-21-19(4)35-27(26-22(30)6-5-7-23(26)41-29(31,32)33)36-28(21)38-12-10-37(11-13-38)15-25(34)39/h5-9,14,17H,10-13,15-16H2,1-4H3,(H2,34,39). The second-order valence-corrected chi connectivity index (χ2v) is 10.7. The summed E-state index contributed by atoms with van der Waals surface area (Å²) < 4.78 is 50.2. The molecule has 1 saturated heterocycles. The summed E-state index contributed by atoms with van der Waals surface area (Å²) in [6.07, 6.45) is -4.93. The van der Waals surface area contributed by atoms with Crippen LogP contribution in [0, 0.1) is 13.8 Å². The predicted octanol–water partition coefficient (Wildman–Crippen LogP) is 5.62. The van der Waals surface area contributed by atoms with Gasteiger partial charge in [0.15, 0.2) is 5.82 Å². The molecule has 0 radical (unpaired) electrons. The third-order valence-electron chi connectivity index (χ3n) is 6.92. The van der Waals surface area contributed by atoms with E-state index in [1.807, 2.05) is 28.9 Å². The lowest BCUT2D eigenvalue weighted by Crippen LogP contribution is -2.49. The first-order chi connectivity index (χ1) is 19.3. The zero-order chi connectivity index (χ0) is 29.9. The Balaban J connectivity index is 1.75. The number of carbonyl (C=O) groups excluding carboxylic acids is 1. The number of anilines is 1. The minimum Gasteiger partial charge on any atom is -0.488 e. The van der Waals surface area contributed by atoms with Crippen molar-refractivity contribution in [1.82, 2.24) is 14.9 Å². The molecule has 2 heterocycles. The van der Waals surface area contributed by atoms with Crippen molar-refractivity contribution >= 4 is 23.3 Å². The van der Waals surface area contributed by atoms with Gasteiger partial charge in [0.2, 0.25) is 5.91 Å². The summed E-state index contributed by atoms with van der Waals surface area (Å²) in [6.45, 7) is 10.3. The summed E-state index contributed by atoms with van der Waals surface area (Å²) >= 11 is 6.37. The third kappa shape index (κ3) is 7.59. The molecule has 0 atom stereocenters. The van der Waals surface area contributed by atoms with Crippen molar-refractivity contribution in [3.8, 4) is 22.9 Å². The molecule has 8 nitrogen and oxygen atoms in total. The number of piperazine rings is 1. The maximum Gasteiger partial charge on any atom is 0.573 e. The quantitative estimate of drug-likeness (QED) is 0.345. The van der Waals surface area contributed by atoms with E-state index in [2.05, 4.69) is 29.6 Å². The van der Waals surface area contributed by atoms with Gasteiger partial charge in [-0.25, -0.2) is 9.97 Å². The summed E-state index contributed by atoms with van der Waals surface area (Å²) in [5.74, 6) is 0.655. The highest BCUT2D eigenvalue weighted by molar-refractivity contribution is 6.33. The number of nitrogens with zero attached hydrogens (tertiary/aromatic N) is 4. The monoisotopic (exact) mass is 591 g/mol. The lowest BCUT2D eigenvalue weighted by molar-refractivity contribution is -0.274. The van der Waals surface area contributed by atoms with Crippen molar-refractivity contribution in [3.05, 3.63) is 63.8 Å². The molecular weight excluding hydrogens is 559 g/mol. The van der Waals surface area contributed by atoms with Crippen LogP contribution in [0.1, 0.15) is 42.1 Å². The summed E-state index contributed by atoms with van der Waals surface area (Å²) in [5, 5.41) is 0.0218. The van der Waals surface area contributed by atoms with Gasteiger partial charge in [-0.2, -0.15) is 0 Å². The molecule has 0 spiro atoms. The molecule has 1 aliphatic rings. The molecule has 1 aromatic heterocycles. The number of hydrogen-bond donors (Lipinski definition) is 1. The number of primary amides is 1. The Morgan fingerprint density at radius 3 is 2.41 bits per heavy atom. The Labute approximate surface area is 242 Å². The average molecular weight is 592 g/mol. The average Bonchev–Trinajstić information content (AvgIpc) is 2.87. The summed E-state index contributed by atoms with van der Waals surface area (Å²) in [4.78, 5) is 24.7. The number of aromatic nitrogens is 2. The molecule has 1 aliphatic heterocycles. The van der Waals surface area contributed by atoms with Crippen LogP contribution in [0.2, 0.25) is 5.02 Å². The van der Waals surface area contributed by atoms with Gasteiger partial charge in [-0.1, -0.05) is 43.6 Å². The lowest BCUT2D eigenvalue weighted by atomic mass is 10.0. The van der Waals surface area contributed by atoms with Crippen molar-refractivity contribution in [3.63, 3.8) is 0 Å². The van der Waals surface area contributed by atoms with Gasteiger partial charge in [0.1, 0.15) is 23.9 Å². The number of rotatable bonds is 9. The molecule has 12 heteroatoms. The van der Waals surface area contributed by atoms with E-state index in [1.54, 1.807) is 6.92 Å². The normalized spacial score (nSPS) is 14.4. The van der Waals surface area contributed by atoms with Crippen molar-refractivity contribution in [1.29, 1.82) is 0 Å². The van der Waals surface area contributed by atoms with Crippen molar-refractivity contribution in [2.45, 2.75) is 46.6 Å². The van der Waals surface area contributed by atoms with Crippen LogP contribution in [0.5, 0.6) is 11.5 Å². The van der Waals surface area contributed by atoms with E-state index >= 15 is 0 Å². The molecule has 220 valence electrons. The van der Waals surface area contributed by atoms with Crippen LogP contribution in [0.15, 0.2) is 36.4 Å². The second kappa shape index (κ2) is 12.5. The second-order valence-electron chi connectivity index (χ2n) is 10.3. The minimum atomic E-state index is -4.93. The Morgan fingerprint density at radius 2 is 1.78 bits per heavy atom. The molecule has 0 saturated carbocycles. The number of aryl methyl sites for hydroxylation is 2. The number of amides is 1. The van der Waals surface area contributed by atoms with Crippen LogP contribution in [0.25, 0.3) is 11.4 Å². The molecule has 1 amide bonds. The van der Waals surface area contributed by atoms with Crippen molar-refractivity contribution in [2.75, 3.05) is 37.6 Å². The maximum absolute atomic E-state index is 13.2. The number of halogens is 4. The zero-order valence-electron chi connectivity index (χ0n) is 23.4. The van der Waals surface area contributed by atoms with Crippen LogP contribution in [0.3, 0.4) is 0 Å². The van der Waals surface area contributed by atoms with Crippen molar-refractivity contribution in [2.24, 2.45) is 5.73 Å². The van der Waals surface area contributed by atoms with E-state index in [4.69, 9.17) is 27.1 Å². The first-order valence-corrected chi connectivity index (χ1v) is 13.6. The summed E-state index contributed by atoms with van der Waals surface area (Å²) in [7, 11) is 0. The molecule has 3 aromatic rings. The number of benzene rings is 2. The summed E-state index contributed by atoms with van der Waals surface area (Å²) in [6, 6.07) is 10.1. The first-order valence-electron chi connectivity index (χ1n) is 13.2. The highest BCUT2D eigenvalue weighted by Crippen LogP contribution is 2.39. The van der Waals surface area contributed by atoms with Gasteiger partial charge in [0.05, 0.1) is 28.4 Å². The van der Waals surface area contributed by atoms with Gasteiger partial charge in [-0.05, 0) is 49.1 Å². The molecular formula is C29H33ClF3N5O3. The Hall–Kier alpha value is -3.57. The smallest absolute Gasteiger partial charge is 0.488 e. The van der Waals surface area contributed by atoms with Gasteiger partial charge in [0, 0.05) is 26.2 Å².